The number of benzene rings is 2. The number of hydrogen-bond donors (Lipinski definition) is 1. The van der Waals surface area contributed by atoms with Crippen molar-refractivity contribution in [1.29, 1.82) is 0 Å². The molecule has 0 saturated heterocycles. The second kappa shape index (κ2) is 9.22. The Hall–Kier alpha value is -1.56. The lowest BCUT2D eigenvalue weighted by atomic mass is 10.2. The van der Waals surface area contributed by atoms with Crippen molar-refractivity contribution >= 4 is 35.8 Å². The molecule has 0 aliphatic carbocycles. The van der Waals surface area contributed by atoms with Gasteiger partial charge in [-0.15, -0.1) is 0 Å². The fraction of sp³-hybridized carbons (Fsp3) is 0.188. The van der Waals surface area contributed by atoms with Crippen LogP contribution in [0.3, 0.4) is 0 Å². The number of hydrogen-bond acceptors (Lipinski definition) is 6. The number of rotatable bonds is 8. The minimum absolute atomic E-state index is 0.163. The van der Waals surface area contributed by atoms with Gasteiger partial charge in [0.05, 0.1) is 6.61 Å². The fourth-order valence-corrected chi connectivity index (χ4v) is 3.05. The molecule has 2 aromatic rings. The summed E-state index contributed by atoms with van der Waals surface area (Å²) in [5.74, 6) is -0.711. The minimum atomic E-state index is -4.15. The van der Waals surface area contributed by atoms with Crippen LogP contribution in [0.2, 0.25) is 5.02 Å². The molecule has 9 heteroatoms. The van der Waals surface area contributed by atoms with Crippen molar-refractivity contribution in [2.75, 3.05) is 0 Å². The van der Waals surface area contributed by atoms with E-state index in [1.54, 1.807) is 0 Å². The van der Waals surface area contributed by atoms with E-state index in [9.17, 15) is 9.36 Å². The molecule has 0 aliphatic heterocycles. The van der Waals surface area contributed by atoms with Crippen molar-refractivity contribution in [3.05, 3.63) is 65.2 Å². The van der Waals surface area contributed by atoms with Crippen LogP contribution in [-0.2, 0) is 25.3 Å². The summed E-state index contributed by atoms with van der Waals surface area (Å²) in [6, 6.07) is 14.4. The first-order valence-corrected chi connectivity index (χ1v) is 10.1. The van der Waals surface area contributed by atoms with Crippen molar-refractivity contribution in [2.24, 2.45) is 0 Å². The quantitative estimate of drug-likeness (QED) is 0.507. The highest BCUT2D eigenvalue weighted by Gasteiger charge is 2.30. The summed E-state index contributed by atoms with van der Waals surface area (Å²) in [7, 11) is 0. The second-order valence-electron chi connectivity index (χ2n) is 5.00. The number of carbonyl (C=O) groups excluding carboxylic acids is 1. The lowest BCUT2D eigenvalue weighted by Crippen LogP contribution is -2.34. The molecule has 134 valence electrons. The van der Waals surface area contributed by atoms with Crippen LogP contribution in [0.5, 0.6) is 5.75 Å². The Labute approximate surface area is 155 Å². The Morgan fingerprint density at radius 3 is 2.44 bits per heavy atom. The maximum absolute atomic E-state index is 12.1. The van der Waals surface area contributed by atoms with E-state index in [0.717, 1.165) is 5.56 Å². The summed E-state index contributed by atoms with van der Waals surface area (Å²) in [6.07, 6.45) is 0. The molecule has 0 heterocycles. The molecule has 1 unspecified atom stereocenters. The fourth-order valence-electron chi connectivity index (χ4n) is 1.70. The SMILES string of the molecule is C[C@@H](NOCc1ccccc1)C(=O)OP(=O)(Cl)Oc1ccc(Cl)cc1. The molecular weight excluding hydrogens is 388 g/mol. The normalized spacial score (nSPS) is 14.4. The van der Waals surface area contributed by atoms with Gasteiger partial charge in [-0.25, -0.2) is 9.36 Å². The monoisotopic (exact) mass is 403 g/mol. The zero-order chi connectivity index (χ0) is 18.3. The van der Waals surface area contributed by atoms with Crippen LogP contribution >= 0.6 is 29.8 Å². The van der Waals surface area contributed by atoms with E-state index in [0.29, 0.717) is 5.02 Å². The first-order chi connectivity index (χ1) is 11.9. The first kappa shape index (κ1) is 19.8. The molecule has 2 atom stereocenters. The highest BCUT2D eigenvalue weighted by Crippen LogP contribution is 2.53. The Morgan fingerprint density at radius 1 is 1.16 bits per heavy atom. The van der Waals surface area contributed by atoms with Gasteiger partial charge in [0.25, 0.3) is 0 Å². The molecular formula is C16H16Cl2NO5P. The molecule has 0 amide bonds. The summed E-state index contributed by atoms with van der Waals surface area (Å²) in [4.78, 5) is 17.1. The third kappa shape index (κ3) is 7.06. The van der Waals surface area contributed by atoms with Crippen molar-refractivity contribution in [3.63, 3.8) is 0 Å². The lowest BCUT2D eigenvalue weighted by Gasteiger charge is -2.16. The topological polar surface area (TPSA) is 73.9 Å². The van der Waals surface area contributed by atoms with Crippen LogP contribution in [0.15, 0.2) is 54.6 Å². The summed E-state index contributed by atoms with van der Waals surface area (Å²) in [5.41, 5.74) is 3.42. The van der Waals surface area contributed by atoms with Gasteiger partial charge in [0.2, 0.25) is 0 Å². The maximum Gasteiger partial charge on any atom is 0.532 e. The van der Waals surface area contributed by atoms with Gasteiger partial charge in [-0.3, -0.25) is 4.84 Å². The van der Waals surface area contributed by atoms with Crippen LogP contribution in [0, 0.1) is 0 Å². The lowest BCUT2D eigenvalue weighted by molar-refractivity contribution is -0.141. The van der Waals surface area contributed by atoms with Gasteiger partial charge >= 0.3 is 12.9 Å². The van der Waals surface area contributed by atoms with Crippen molar-refractivity contribution in [3.8, 4) is 5.75 Å². The van der Waals surface area contributed by atoms with Crippen LogP contribution < -0.4 is 10.0 Å². The third-order valence-electron chi connectivity index (χ3n) is 2.92. The van der Waals surface area contributed by atoms with Gasteiger partial charge in [0.15, 0.2) is 0 Å². The molecule has 25 heavy (non-hydrogen) atoms. The standard InChI is InChI=1S/C16H16Cl2NO5P/c1-12(19-22-11-13-5-3-2-4-6-13)16(20)24-25(18,21)23-15-9-7-14(17)8-10-15/h2-10,12,19H,11H2,1H3/t12-,25?/m1/s1. The molecule has 1 N–H and O–H groups in total. The smallest absolute Gasteiger partial charge is 0.405 e. The maximum atomic E-state index is 12.1. The molecule has 0 radical (unpaired) electrons. The van der Waals surface area contributed by atoms with E-state index in [1.807, 2.05) is 30.3 Å². The average molecular weight is 404 g/mol. The number of nitrogens with one attached hydrogen (secondary N) is 1. The molecule has 0 aliphatic rings. The third-order valence-corrected chi connectivity index (χ3v) is 4.42. The molecule has 2 rings (SSSR count). The Balaban J connectivity index is 1.80. The van der Waals surface area contributed by atoms with Crippen LogP contribution in [0.1, 0.15) is 12.5 Å². The van der Waals surface area contributed by atoms with Crippen LogP contribution in [0.25, 0.3) is 0 Å². The van der Waals surface area contributed by atoms with Crippen molar-refractivity contribution in [1.82, 2.24) is 5.48 Å². The molecule has 2 aromatic carbocycles. The summed E-state index contributed by atoms with van der Waals surface area (Å²) >= 11 is 11.4. The Kier molecular flexibility index (Phi) is 7.29. The molecule has 0 fully saturated rings. The predicted octanol–water partition coefficient (Wildman–Crippen LogP) is 4.72. The highest BCUT2D eigenvalue weighted by atomic mass is 35.7. The van der Waals surface area contributed by atoms with Crippen LogP contribution in [0.4, 0.5) is 0 Å². The molecule has 0 bridgehead atoms. The Bertz CT molecular complexity index is 742. The highest BCUT2D eigenvalue weighted by molar-refractivity contribution is 7.82. The van der Waals surface area contributed by atoms with Crippen LogP contribution in [-0.4, -0.2) is 12.0 Å². The van der Waals surface area contributed by atoms with Gasteiger partial charge in [-0.2, -0.15) is 5.48 Å². The molecule has 0 saturated carbocycles. The van der Waals surface area contributed by atoms with Gasteiger partial charge in [-0.1, -0.05) is 41.9 Å². The Morgan fingerprint density at radius 2 is 1.80 bits per heavy atom. The van der Waals surface area contributed by atoms with Gasteiger partial charge < -0.3 is 9.05 Å². The van der Waals surface area contributed by atoms with E-state index in [4.69, 9.17) is 36.7 Å². The largest absolute Gasteiger partial charge is 0.532 e. The molecule has 0 aromatic heterocycles. The summed E-state index contributed by atoms with van der Waals surface area (Å²) < 4.78 is 21.8. The van der Waals surface area contributed by atoms with E-state index in [2.05, 4.69) is 5.48 Å². The van der Waals surface area contributed by atoms with Crippen molar-refractivity contribution < 1.29 is 23.2 Å². The second-order valence-corrected chi connectivity index (χ2v) is 7.90. The number of carbonyl (C=O) groups is 1. The van der Waals surface area contributed by atoms with Gasteiger partial charge in [0, 0.05) is 16.3 Å². The predicted molar refractivity (Wildman–Crippen MR) is 95.5 cm³/mol. The number of halogens is 2. The minimum Gasteiger partial charge on any atom is -0.405 e. The van der Waals surface area contributed by atoms with E-state index >= 15 is 0 Å². The summed E-state index contributed by atoms with van der Waals surface area (Å²) in [5, 5.41) is 0.474. The number of hydroxylamine groups is 1. The van der Waals surface area contributed by atoms with E-state index < -0.39 is 19.0 Å². The van der Waals surface area contributed by atoms with E-state index in [1.165, 1.54) is 31.2 Å². The van der Waals surface area contributed by atoms with E-state index in [-0.39, 0.29) is 12.4 Å². The van der Waals surface area contributed by atoms with Gasteiger partial charge in [0.1, 0.15) is 11.8 Å². The summed E-state index contributed by atoms with van der Waals surface area (Å²) in [6.45, 7) is -2.42. The first-order valence-electron chi connectivity index (χ1n) is 7.25. The van der Waals surface area contributed by atoms with Gasteiger partial charge in [-0.05, 0) is 36.8 Å². The zero-order valence-corrected chi connectivity index (χ0v) is 15.6. The molecule has 6 nitrogen and oxygen atoms in total. The van der Waals surface area contributed by atoms with Crippen molar-refractivity contribution in [2.45, 2.75) is 19.6 Å². The molecule has 0 spiro atoms. The average Bonchev–Trinajstić information content (AvgIpc) is 2.57. The zero-order valence-electron chi connectivity index (χ0n) is 13.2.